The normalized spacial score (nSPS) is 18.1. The molecule has 162 valence electrons. The number of allylic oxidation sites excluding steroid dienone is 1. The van der Waals surface area contributed by atoms with E-state index in [1.165, 1.54) is 7.11 Å². The van der Waals surface area contributed by atoms with Gasteiger partial charge in [-0.05, 0) is 49.1 Å². The number of Topliss-reactive ketones (excluding diaryl/α,β-unsaturated/α-hetero) is 1. The van der Waals surface area contributed by atoms with E-state index in [-0.39, 0.29) is 17.4 Å². The lowest BCUT2D eigenvalue weighted by Crippen LogP contribution is -2.38. The van der Waals surface area contributed by atoms with Gasteiger partial charge in [0.05, 0.1) is 24.5 Å². The van der Waals surface area contributed by atoms with E-state index in [0.29, 0.717) is 24.2 Å². The minimum Gasteiger partial charge on any atom is -0.504 e. The van der Waals surface area contributed by atoms with Crippen molar-refractivity contribution in [3.8, 4) is 11.5 Å². The number of hydrogen-bond acceptors (Lipinski definition) is 5. The first-order chi connectivity index (χ1) is 15.0. The smallest absolute Gasteiger partial charge is 0.227 e. The highest BCUT2D eigenvalue weighted by atomic mass is 16.5. The van der Waals surface area contributed by atoms with Crippen molar-refractivity contribution in [3.63, 3.8) is 0 Å². The molecule has 1 aliphatic heterocycles. The summed E-state index contributed by atoms with van der Waals surface area (Å²) in [5.41, 5.74) is 3.80. The number of phenolic OH excluding ortho intramolecular Hbond substituents is 1. The molecular formula is C25H28N2O4. The molecule has 2 aliphatic rings. The van der Waals surface area contributed by atoms with Crippen molar-refractivity contribution in [2.45, 2.75) is 51.5 Å². The van der Waals surface area contributed by atoms with Crippen LogP contribution in [0.5, 0.6) is 11.5 Å². The molecule has 2 aromatic carbocycles. The van der Waals surface area contributed by atoms with Crippen LogP contribution in [0.15, 0.2) is 53.7 Å². The summed E-state index contributed by atoms with van der Waals surface area (Å²) >= 11 is 0. The average Bonchev–Trinajstić information content (AvgIpc) is 2.93. The summed E-state index contributed by atoms with van der Waals surface area (Å²) in [7, 11) is 1.49. The molecule has 4 rings (SSSR count). The predicted molar refractivity (Wildman–Crippen MR) is 120 cm³/mol. The van der Waals surface area contributed by atoms with Crippen LogP contribution < -0.4 is 15.0 Å². The predicted octanol–water partition coefficient (Wildman–Crippen LogP) is 5.10. The van der Waals surface area contributed by atoms with Crippen LogP contribution in [0.2, 0.25) is 0 Å². The fourth-order valence-corrected chi connectivity index (χ4v) is 4.44. The maximum atomic E-state index is 13.5. The molecule has 2 N–H and O–H groups in total. The molecule has 6 heteroatoms. The number of nitrogens with one attached hydrogen (secondary N) is 1. The highest BCUT2D eigenvalue weighted by molar-refractivity contribution is 6.06. The number of methoxy groups -OCH3 is 1. The highest BCUT2D eigenvalue weighted by Gasteiger charge is 2.39. The zero-order valence-electron chi connectivity index (χ0n) is 18.0. The quantitative estimate of drug-likeness (QED) is 0.704. The number of nitrogens with zero attached hydrogens (tertiary/aromatic N) is 1. The van der Waals surface area contributed by atoms with Crippen LogP contribution in [0.1, 0.15) is 57.1 Å². The Bertz CT molecular complexity index is 1040. The van der Waals surface area contributed by atoms with Gasteiger partial charge in [-0.25, -0.2) is 0 Å². The van der Waals surface area contributed by atoms with E-state index in [4.69, 9.17) is 4.74 Å². The van der Waals surface area contributed by atoms with E-state index >= 15 is 0 Å². The molecular weight excluding hydrogens is 392 g/mol. The minimum absolute atomic E-state index is 0.0198. The maximum Gasteiger partial charge on any atom is 0.227 e. The number of aromatic hydroxyl groups is 1. The number of ether oxygens (including phenoxy) is 1. The molecule has 1 amide bonds. The standard InChI is InChI=1S/C25H28N2O4/c1-3-4-12-23(30)27-19-10-6-5-8-17(19)26-18-9-7-11-21(29)24(18)25(27)16-13-14-20(28)22(15-16)31-2/h5-6,8,10,13-15,25-26,28H,3-4,7,9,11-12H2,1-2H3. The summed E-state index contributed by atoms with van der Waals surface area (Å²) in [6.45, 7) is 2.05. The van der Waals surface area contributed by atoms with Gasteiger partial charge in [-0.2, -0.15) is 0 Å². The highest BCUT2D eigenvalue weighted by Crippen LogP contribution is 2.46. The van der Waals surface area contributed by atoms with Gasteiger partial charge in [0.15, 0.2) is 17.3 Å². The minimum atomic E-state index is -0.585. The van der Waals surface area contributed by atoms with Crippen LogP contribution in [0.3, 0.4) is 0 Å². The summed E-state index contributed by atoms with van der Waals surface area (Å²) in [4.78, 5) is 28.5. The largest absolute Gasteiger partial charge is 0.504 e. The first kappa shape index (κ1) is 21.0. The van der Waals surface area contributed by atoms with Gasteiger partial charge in [0.1, 0.15) is 0 Å². The number of unbranched alkanes of at least 4 members (excludes halogenated alkanes) is 1. The number of carbonyl (C=O) groups is 2. The SMILES string of the molecule is CCCCC(=O)N1c2ccccc2NC2=C(C(=O)CCC2)C1c1ccc(O)c(OC)c1. The Labute approximate surface area is 182 Å². The second kappa shape index (κ2) is 8.84. The zero-order chi connectivity index (χ0) is 22.0. The van der Waals surface area contributed by atoms with Gasteiger partial charge in [0, 0.05) is 24.1 Å². The van der Waals surface area contributed by atoms with Crippen molar-refractivity contribution < 1.29 is 19.4 Å². The molecule has 0 fully saturated rings. The molecule has 0 radical (unpaired) electrons. The summed E-state index contributed by atoms with van der Waals surface area (Å²) in [5.74, 6) is 0.355. The van der Waals surface area contributed by atoms with E-state index in [0.717, 1.165) is 48.3 Å². The Morgan fingerprint density at radius 3 is 2.81 bits per heavy atom. The molecule has 1 atom stereocenters. The molecule has 0 saturated carbocycles. The van der Waals surface area contributed by atoms with Crippen molar-refractivity contribution in [3.05, 3.63) is 59.3 Å². The lowest BCUT2D eigenvalue weighted by Gasteiger charge is -2.34. The van der Waals surface area contributed by atoms with E-state index in [2.05, 4.69) is 12.2 Å². The Morgan fingerprint density at radius 1 is 1.23 bits per heavy atom. The van der Waals surface area contributed by atoms with Crippen molar-refractivity contribution in [2.24, 2.45) is 0 Å². The molecule has 0 saturated heterocycles. The molecule has 1 unspecified atom stereocenters. The maximum absolute atomic E-state index is 13.5. The van der Waals surface area contributed by atoms with E-state index in [1.54, 1.807) is 23.1 Å². The van der Waals surface area contributed by atoms with Crippen molar-refractivity contribution in [1.82, 2.24) is 0 Å². The number of anilines is 2. The fraction of sp³-hybridized carbons (Fsp3) is 0.360. The number of hydrogen-bond donors (Lipinski definition) is 2. The van der Waals surface area contributed by atoms with E-state index in [9.17, 15) is 14.7 Å². The van der Waals surface area contributed by atoms with Gasteiger partial charge in [-0.1, -0.05) is 31.5 Å². The van der Waals surface area contributed by atoms with Crippen molar-refractivity contribution in [1.29, 1.82) is 0 Å². The van der Waals surface area contributed by atoms with Crippen LogP contribution in [-0.4, -0.2) is 23.9 Å². The van der Waals surface area contributed by atoms with Gasteiger partial charge in [-0.3, -0.25) is 14.5 Å². The summed E-state index contributed by atoms with van der Waals surface area (Å²) in [6.07, 6.45) is 4.06. The monoisotopic (exact) mass is 420 g/mol. The number of carbonyl (C=O) groups excluding carboxylic acids is 2. The van der Waals surface area contributed by atoms with Crippen molar-refractivity contribution >= 4 is 23.1 Å². The third-order valence-electron chi connectivity index (χ3n) is 5.97. The first-order valence-electron chi connectivity index (χ1n) is 10.9. The van der Waals surface area contributed by atoms with Crippen LogP contribution in [0, 0.1) is 0 Å². The third-order valence-corrected chi connectivity index (χ3v) is 5.97. The lowest BCUT2D eigenvalue weighted by molar-refractivity contribution is -0.119. The van der Waals surface area contributed by atoms with Gasteiger partial charge in [0.25, 0.3) is 0 Å². The summed E-state index contributed by atoms with van der Waals surface area (Å²) in [5, 5.41) is 13.6. The topological polar surface area (TPSA) is 78.9 Å². The molecule has 1 aliphatic carbocycles. The van der Waals surface area contributed by atoms with Crippen LogP contribution >= 0.6 is 0 Å². The van der Waals surface area contributed by atoms with Crippen LogP contribution in [0.4, 0.5) is 11.4 Å². The van der Waals surface area contributed by atoms with Crippen LogP contribution in [0.25, 0.3) is 0 Å². The number of para-hydroxylation sites is 2. The second-order valence-corrected chi connectivity index (χ2v) is 8.01. The number of amides is 1. The fourth-order valence-electron chi connectivity index (χ4n) is 4.44. The summed E-state index contributed by atoms with van der Waals surface area (Å²) in [6, 6.07) is 12.2. The molecule has 0 aromatic heterocycles. The molecule has 31 heavy (non-hydrogen) atoms. The zero-order valence-corrected chi connectivity index (χ0v) is 18.0. The Morgan fingerprint density at radius 2 is 2.03 bits per heavy atom. The lowest BCUT2D eigenvalue weighted by atomic mass is 9.85. The van der Waals surface area contributed by atoms with E-state index < -0.39 is 6.04 Å². The first-order valence-corrected chi connectivity index (χ1v) is 10.9. The molecule has 6 nitrogen and oxygen atoms in total. The van der Waals surface area contributed by atoms with Crippen molar-refractivity contribution in [2.75, 3.05) is 17.3 Å². The van der Waals surface area contributed by atoms with Gasteiger partial charge in [-0.15, -0.1) is 0 Å². The molecule has 0 spiro atoms. The van der Waals surface area contributed by atoms with E-state index in [1.807, 2.05) is 24.3 Å². The Hall–Kier alpha value is -3.28. The second-order valence-electron chi connectivity index (χ2n) is 8.01. The number of benzene rings is 2. The molecule has 2 aromatic rings. The number of ketones is 1. The number of phenols is 1. The third kappa shape index (κ3) is 3.90. The Kier molecular flexibility index (Phi) is 5.98. The Balaban J connectivity index is 1.96. The molecule has 1 heterocycles. The number of fused-ring (bicyclic) bond motifs is 1. The molecule has 0 bridgehead atoms. The average molecular weight is 421 g/mol. The van der Waals surface area contributed by atoms with Gasteiger partial charge < -0.3 is 15.2 Å². The van der Waals surface area contributed by atoms with Crippen LogP contribution in [-0.2, 0) is 9.59 Å². The number of rotatable bonds is 5. The van der Waals surface area contributed by atoms with Gasteiger partial charge >= 0.3 is 0 Å². The van der Waals surface area contributed by atoms with Gasteiger partial charge in [0.2, 0.25) is 5.91 Å². The summed E-state index contributed by atoms with van der Waals surface area (Å²) < 4.78 is 5.33.